The Labute approximate surface area is 107 Å². The molecule has 0 aromatic heterocycles. The molecule has 1 unspecified atom stereocenters. The van der Waals surface area contributed by atoms with E-state index >= 15 is 0 Å². The Kier molecular flexibility index (Phi) is 6.76. The zero-order chi connectivity index (χ0) is 13.2. The third kappa shape index (κ3) is 6.18. The van der Waals surface area contributed by atoms with Gasteiger partial charge in [-0.2, -0.15) is 0 Å². The molecule has 4 nitrogen and oxygen atoms in total. The molecule has 0 saturated heterocycles. The summed E-state index contributed by atoms with van der Waals surface area (Å²) >= 11 is 0. The van der Waals surface area contributed by atoms with Crippen LogP contribution in [0.15, 0.2) is 36.4 Å². The topological polar surface area (TPSA) is 69.6 Å². The lowest BCUT2D eigenvalue weighted by molar-refractivity contribution is -0.129. The van der Waals surface area contributed by atoms with Crippen LogP contribution in [0.3, 0.4) is 0 Å². The third-order valence-corrected chi connectivity index (χ3v) is 2.59. The number of amides is 1. The molecule has 0 fully saturated rings. The zero-order valence-corrected chi connectivity index (χ0v) is 10.2. The number of rotatable bonds is 7. The maximum Gasteiger partial charge on any atom is 0.243 e. The highest BCUT2D eigenvalue weighted by Crippen LogP contribution is 2.07. The molecule has 0 aliphatic carbocycles. The van der Waals surface area contributed by atoms with Crippen LogP contribution in [0.25, 0.3) is 6.08 Å². The molecule has 0 saturated carbocycles. The van der Waals surface area contributed by atoms with Crippen LogP contribution in [0.4, 0.5) is 0 Å². The summed E-state index contributed by atoms with van der Waals surface area (Å²) in [5.41, 5.74) is 2.64. The number of benzene rings is 1. The monoisotopic (exact) mass is 249 g/mol. The van der Waals surface area contributed by atoms with Crippen molar-refractivity contribution in [3.8, 4) is 0 Å². The van der Waals surface area contributed by atoms with Crippen LogP contribution in [0.5, 0.6) is 0 Å². The van der Waals surface area contributed by atoms with Gasteiger partial charge in [0.2, 0.25) is 5.91 Å². The number of aliphatic hydroxyl groups excluding tert-OH is 1. The highest BCUT2D eigenvalue weighted by Gasteiger charge is 2.02. The summed E-state index contributed by atoms with van der Waals surface area (Å²) in [6.45, 7) is 0. The first kappa shape index (κ1) is 14.4. The van der Waals surface area contributed by atoms with Gasteiger partial charge in [0, 0.05) is 6.42 Å². The van der Waals surface area contributed by atoms with Crippen molar-refractivity contribution in [2.75, 3.05) is 0 Å². The van der Waals surface area contributed by atoms with Crippen LogP contribution >= 0.6 is 0 Å². The largest absolute Gasteiger partial charge is 0.389 e. The van der Waals surface area contributed by atoms with E-state index in [1.807, 2.05) is 36.4 Å². The van der Waals surface area contributed by atoms with E-state index in [1.54, 1.807) is 11.6 Å². The first-order chi connectivity index (χ1) is 8.72. The van der Waals surface area contributed by atoms with Crippen LogP contribution in [0.1, 0.15) is 31.2 Å². The third-order valence-electron chi connectivity index (χ3n) is 2.59. The highest BCUT2D eigenvalue weighted by molar-refractivity contribution is 5.74. The van der Waals surface area contributed by atoms with Crippen LogP contribution in [0.2, 0.25) is 0 Å². The van der Waals surface area contributed by atoms with Crippen molar-refractivity contribution in [1.29, 1.82) is 0 Å². The molecule has 1 aromatic rings. The Morgan fingerprint density at radius 2 is 2.00 bits per heavy atom. The van der Waals surface area contributed by atoms with Gasteiger partial charge in [-0.25, -0.2) is 5.48 Å². The number of hydrogen-bond donors (Lipinski definition) is 3. The minimum absolute atomic E-state index is 0.283. The predicted octanol–water partition coefficient (Wildman–Crippen LogP) is 2.13. The molecule has 0 aliphatic heterocycles. The fourth-order valence-corrected chi connectivity index (χ4v) is 1.58. The summed E-state index contributed by atoms with van der Waals surface area (Å²) in [5.74, 6) is -0.385. The Balaban J connectivity index is 2.19. The molecular formula is C14H19NO3. The molecule has 1 amide bonds. The molecule has 0 heterocycles. The van der Waals surface area contributed by atoms with Crippen LogP contribution < -0.4 is 5.48 Å². The number of hydrogen-bond acceptors (Lipinski definition) is 3. The fourth-order valence-electron chi connectivity index (χ4n) is 1.58. The van der Waals surface area contributed by atoms with E-state index in [1.165, 1.54) is 0 Å². The molecule has 0 radical (unpaired) electrons. The maximum atomic E-state index is 10.7. The number of aliphatic hydroxyl groups is 1. The lowest BCUT2D eigenvalue weighted by atomic mass is 10.1. The van der Waals surface area contributed by atoms with Gasteiger partial charge >= 0.3 is 0 Å². The van der Waals surface area contributed by atoms with Gasteiger partial charge in [0.1, 0.15) is 0 Å². The summed E-state index contributed by atoms with van der Waals surface area (Å²) in [6, 6.07) is 9.77. The summed E-state index contributed by atoms with van der Waals surface area (Å²) in [7, 11) is 0. The minimum Gasteiger partial charge on any atom is -0.389 e. The molecule has 1 atom stereocenters. The molecule has 0 spiro atoms. The van der Waals surface area contributed by atoms with E-state index in [0.717, 1.165) is 12.0 Å². The SMILES string of the molecule is O=C(CCCCC(O)C=Cc1ccccc1)NO. The van der Waals surface area contributed by atoms with E-state index in [2.05, 4.69) is 0 Å². The quantitative estimate of drug-likeness (QED) is 0.394. The normalized spacial score (nSPS) is 12.6. The van der Waals surface area contributed by atoms with Gasteiger partial charge in [-0.1, -0.05) is 48.9 Å². The lowest BCUT2D eigenvalue weighted by Gasteiger charge is -2.04. The van der Waals surface area contributed by atoms with E-state index in [4.69, 9.17) is 5.21 Å². The average Bonchev–Trinajstić information content (AvgIpc) is 2.42. The molecule has 1 rings (SSSR count). The number of carbonyl (C=O) groups is 1. The molecule has 0 bridgehead atoms. The van der Waals surface area contributed by atoms with Crippen molar-refractivity contribution in [1.82, 2.24) is 5.48 Å². The van der Waals surface area contributed by atoms with E-state index in [9.17, 15) is 9.90 Å². The van der Waals surface area contributed by atoms with Crippen molar-refractivity contribution in [3.05, 3.63) is 42.0 Å². The second-order valence-corrected chi connectivity index (χ2v) is 4.12. The van der Waals surface area contributed by atoms with Crippen LogP contribution in [0, 0.1) is 0 Å². The van der Waals surface area contributed by atoms with Crippen molar-refractivity contribution in [2.45, 2.75) is 31.8 Å². The second kappa shape index (κ2) is 8.44. The van der Waals surface area contributed by atoms with Crippen LogP contribution in [-0.4, -0.2) is 22.3 Å². The molecule has 4 heteroatoms. The number of hydroxylamine groups is 1. The van der Waals surface area contributed by atoms with Crippen molar-refractivity contribution in [3.63, 3.8) is 0 Å². The first-order valence-electron chi connectivity index (χ1n) is 6.06. The maximum absolute atomic E-state index is 10.7. The Hall–Kier alpha value is -1.65. The number of nitrogens with one attached hydrogen (secondary N) is 1. The molecule has 0 aliphatic rings. The average molecular weight is 249 g/mol. The standard InChI is InChI=1S/C14H19NO3/c16-13(8-4-5-9-14(17)15-18)11-10-12-6-2-1-3-7-12/h1-3,6-7,10-11,13,16,18H,4-5,8-9H2,(H,15,17). The summed E-state index contributed by atoms with van der Waals surface area (Å²) in [4.78, 5) is 10.7. The lowest BCUT2D eigenvalue weighted by Crippen LogP contribution is -2.17. The van der Waals surface area contributed by atoms with Gasteiger partial charge < -0.3 is 5.11 Å². The van der Waals surface area contributed by atoms with Crippen molar-refractivity contribution < 1.29 is 15.1 Å². The molecular weight excluding hydrogens is 230 g/mol. The van der Waals surface area contributed by atoms with E-state index in [-0.39, 0.29) is 12.3 Å². The molecule has 18 heavy (non-hydrogen) atoms. The fraction of sp³-hybridized carbons (Fsp3) is 0.357. The number of carbonyl (C=O) groups excluding carboxylic acids is 1. The summed E-state index contributed by atoms with van der Waals surface area (Å²) in [5, 5.41) is 18.0. The highest BCUT2D eigenvalue weighted by atomic mass is 16.5. The second-order valence-electron chi connectivity index (χ2n) is 4.12. The van der Waals surface area contributed by atoms with Gasteiger partial charge in [-0.05, 0) is 18.4 Å². The Bertz CT molecular complexity index is 376. The number of unbranched alkanes of at least 4 members (excludes halogenated alkanes) is 1. The molecule has 3 N–H and O–H groups in total. The summed E-state index contributed by atoms with van der Waals surface area (Å²) < 4.78 is 0. The van der Waals surface area contributed by atoms with Gasteiger partial charge in [0.25, 0.3) is 0 Å². The van der Waals surface area contributed by atoms with Gasteiger partial charge in [0.05, 0.1) is 6.10 Å². The molecule has 98 valence electrons. The minimum atomic E-state index is -0.498. The van der Waals surface area contributed by atoms with E-state index in [0.29, 0.717) is 12.8 Å². The Morgan fingerprint density at radius 1 is 1.28 bits per heavy atom. The zero-order valence-electron chi connectivity index (χ0n) is 10.2. The van der Waals surface area contributed by atoms with Gasteiger partial charge in [-0.15, -0.1) is 0 Å². The van der Waals surface area contributed by atoms with Gasteiger partial charge in [-0.3, -0.25) is 10.0 Å². The van der Waals surface area contributed by atoms with Crippen molar-refractivity contribution >= 4 is 12.0 Å². The van der Waals surface area contributed by atoms with Crippen LogP contribution in [-0.2, 0) is 4.79 Å². The predicted molar refractivity (Wildman–Crippen MR) is 69.9 cm³/mol. The van der Waals surface area contributed by atoms with E-state index < -0.39 is 6.10 Å². The Morgan fingerprint density at radius 3 is 2.67 bits per heavy atom. The smallest absolute Gasteiger partial charge is 0.243 e. The first-order valence-corrected chi connectivity index (χ1v) is 6.06. The summed E-state index contributed by atoms with van der Waals surface area (Å²) in [6.07, 6.45) is 5.43. The van der Waals surface area contributed by atoms with Gasteiger partial charge in [0.15, 0.2) is 0 Å². The molecule has 1 aromatic carbocycles. The van der Waals surface area contributed by atoms with Crippen molar-refractivity contribution in [2.24, 2.45) is 0 Å².